The standard InChI is InChI=1S/C18H33NO/c1-2-13-19-17-8-4-3-7-15(17)14-16-9-12-18(20-16)10-5-6-11-18/h15-17,19H,2-14H2,1H3. The molecule has 20 heavy (non-hydrogen) atoms. The summed E-state index contributed by atoms with van der Waals surface area (Å²) >= 11 is 0. The molecule has 3 unspecified atom stereocenters. The fourth-order valence-electron chi connectivity index (χ4n) is 4.87. The van der Waals surface area contributed by atoms with E-state index in [2.05, 4.69) is 12.2 Å². The molecule has 2 aliphatic carbocycles. The van der Waals surface area contributed by atoms with E-state index in [-0.39, 0.29) is 0 Å². The van der Waals surface area contributed by atoms with Gasteiger partial charge in [0.1, 0.15) is 0 Å². The van der Waals surface area contributed by atoms with Gasteiger partial charge in [0.05, 0.1) is 11.7 Å². The Morgan fingerprint density at radius 2 is 1.80 bits per heavy atom. The van der Waals surface area contributed by atoms with Crippen LogP contribution in [0.15, 0.2) is 0 Å². The van der Waals surface area contributed by atoms with Crippen LogP contribution in [0.1, 0.15) is 84.0 Å². The van der Waals surface area contributed by atoms with Crippen LogP contribution in [0.4, 0.5) is 0 Å². The van der Waals surface area contributed by atoms with Gasteiger partial charge in [-0.15, -0.1) is 0 Å². The van der Waals surface area contributed by atoms with Crippen molar-refractivity contribution in [2.24, 2.45) is 5.92 Å². The van der Waals surface area contributed by atoms with Crippen molar-refractivity contribution in [2.75, 3.05) is 6.54 Å². The van der Waals surface area contributed by atoms with E-state index in [0.29, 0.717) is 11.7 Å². The van der Waals surface area contributed by atoms with Crippen molar-refractivity contribution in [1.29, 1.82) is 0 Å². The van der Waals surface area contributed by atoms with Gasteiger partial charge in [0, 0.05) is 6.04 Å². The Labute approximate surface area is 125 Å². The molecule has 0 bridgehead atoms. The van der Waals surface area contributed by atoms with Gasteiger partial charge >= 0.3 is 0 Å². The summed E-state index contributed by atoms with van der Waals surface area (Å²) in [6.07, 6.45) is 17.0. The monoisotopic (exact) mass is 279 g/mol. The van der Waals surface area contributed by atoms with Gasteiger partial charge in [-0.05, 0) is 63.8 Å². The number of nitrogens with one attached hydrogen (secondary N) is 1. The Morgan fingerprint density at radius 3 is 2.60 bits per heavy atom. The highest BCUT2D eigenvalue weighted by Crippen LogP contribution is 2.45. The molecule has 3 rings (SSSR count). The Balaban J connectivity index is 1.50. The Morgan fingerprint density at radius 1 is 1.00 bits per heavy atom. The first-order valence-electron chi connectivity index (χ1n) is 9.22. The predicted molar refractivity (Wildman–Crippen MR) is 84.0 cm³/mol. The minimum atomic E-state index is 0.325. The number of rotatable bonds is 5. The quantitative estimate of drug-likeness (QED) is 0.804. The van der Waals surface area contributed by atoms with Gasteiger partial charge < -0.3 is 10.1 Å². The third kappa shape index (κ3) is 3.39. The summed E-state index contributed by atoms with van der Waals surface area (Å²) in [5.74, 6) is 0.872. The summed E-state index contributed by atoms with van der Waals surface area (Å²) in [5.41, 5.74) is 0.325. The lowest BCUT2D eigenvalue weighted by atomic mass is 9.80. The van der Waals surface area contributed by atoms with Crippen LogP contribution < -0.4 is 5.32 Å². The first-order chi connectivity index (χ1) is 9.81. The van der Waals surface area contributed by atoms with Crippen LogP contribution in [0, 0.1) is 5.92 Å². The Bertz CT molecular complexity index is 298. The maximum atomic E-state index is 6.54. The van der Waals surface area contributed by atoms with Crippen molar-refractivity contribution in [2.45, 2.75) is 102 Å². The second-order valence-corrected chi connectivity index (χ2v) is 7.51. The van der Waals surface area contributed by atoms with Crippen molar-refractivity contribution in [3.05, 3.63) is 0 Å². The van der Waals surface area contributed by atoms with Gasteiger partial charge in [-0.1, -0.05) is 32.6 Å². The molecule has 0 aromatic carbocycles. The predicted octanol–water partition coefficient (Wildman–Crippen LogP) is 4.43. The first kappa shape index (κ1) is 14.8. The minimum Gasteiger partial charge on any atom is -0.372 e. The zero-order valence-electron chi connectivity index (χ0n) is 13.3. The van der Waals surface area contributed by atoms with E-state index in [1.807, 2.05) is 0 Å². The summed E-state index contributed by atoms with van der Waals surface area (Å²) in [6, 6.07) is 0.771. The molecule has 1 spiro atoms. The van der Waals surface area contributed by atoms with Crippen molar-refractivity contribution in [1.82, 2.24) is 5.32 Å². The van der Waals surface area contributed by atoms with Crippen LogP contribution in [0.3, 0.4) is 0 Å². The number of hydrogen-bond donors (Lipinski definition) is 1. The van der Waals surface area contributed by atoms with Crippen LogP contribution in [-0.2, 0) is 4.74 Å². The molecule has 0 amide bonds. The highest BCUT2D eigenvalue weighted by Gasteiger charge is 2.43. The molecule has 1 heterocycles. The maximum absolute atomic E-state index is 6.54. The van der Waals surface area contributed by atoms with Gasteiger partial charge in [0.15, 0.2) is 0 Å². The topological polar surface area (TPSA) is 21.3 Å². The lowest BCUT2D eigenvalue weighted by Crippen LogP contribution is -2.40. The van der Waals surface area contributed by atoms with Crippen LogP contribution >= 0.6 is 0 Å². The van der Waals surface area contributed by atoms with E-state index in [4.69, 9.17) is 4.74 Å². The molecule has 1 N–H and O–H groups in total. The van der Waals surface area contributed by atoms with Crippen molar-refractivity contribution in [3.63, 3.8) is 0 Å². The fraction of sp³-hybridized carbons (Fsp3) is 1.00. The van der Waals surface area contributed by atoms with Gasteiger partial charge in [0.25, 0.3) is 0 Å². The van der Waals surface area contributed by atoms with Crippen LogP contribution in [0.2, 0.25) is 0 Å². The second-order valence-electron chi connectivity index (χ2n) is 7.51. The minimum absolute atomic E-state index is 0.325. The van der Waals surface area contributed by atoms with Gasteiger partial charge in [-0.25, -0.2) is 0 Å². The van der Waals surface area contributed by atoms with Crippen molar-refractivity contribution >= 4 is 0 Å². The Kier molecular flexibility index (Phi) is 5.04. The molecule has 0 radical (unpaired) electrons. The highest BCUT2D eigenvalue weighted by atomic mass is 16.5. The summed E-state index contributed by atoms with van der Waals surface area (Å²) in [5, 5.41) is 3.80. The molecule has 1 aliphatic heterocycles. The summed E-state index contributed by atoms with van der Waals surface area (Å²) in [6.45, 7) is 3.46. The molecule has 3 atom stereocenters. The summed E-state index contributed by atoms with van der Waals surface area (Å²) in [7, 11) is 0. The zero-order valence-corrected chi connectivity index (χ0v) is 13.3. The van der Waals surface area contributed by atoms with E-state index in [9.17, 15) is 0 Å². The molecule has 1 saturated heterocycles. The van der Waals surface area contributed by atoms with E-state index in [1.165, 1.54) is 83.6 Å². The van der Waals surface area contributed by atoms with E-state index in [0.717, 1.165) is 12.0 Å². The smallest absolute Gasteiger partial charge is 0.0687 e. The molecule has 2 heteroatoms. The van der Waals surface area contributed by atoms with Crippen molar-refractivity contribution in [3.8, 4) is 0 Å². The van der Waals surface area contributed by atoms with Crippen LogP contribution in [-0.4, -0.2) is 24.3 Å². The second kappa shape index (κ2) is 6.79. The Hall–Kier alpha value is -0.0800. The van der Waals surface area contributed by atoms with Crippen LogP contribution in [0.25, 0.3) is 0 Å². The third-order valence-corrected chi connectivity index (χ3v) is 5.98. The van der Waals surface area contributed by atoms with Crippen LogP contribution in [0.5, 0.6) is 0 Å². The van der Waals surface area contributed by atoms with E-state index in [1.54, 1.807) is 0 Å². The molecular formula is C18H33NO. The normalized spacial score (nSPS) is 36.8. The molecule has 0 aromatic heterocycles. The third-order valence-electron chi connectivity index (χ3n) is 5.98. The fourth-order valence-corrected chi connectivity index (χ4v) is 4.87. The van der Waals surface area contributed by atoms with Gasteiger partial charge in [-0.2, -0.15) is 0 Å². The zero-order chi connectivity index (χ0) is 13.8. The molecule has 2 nitrogen and oxygen atoms in total. The average molecular weight is 279 g/mol. The highest BCUT2D eigenvalue weighted by molar-refractivity contribution is 4.94. The molecular weight excluding hydrogens is 246 g/mol. The van der Waals surface area contributed by atoms with E-state index < -0.39 is 0 Å². The molecule has 116 valence electrons. The van der Waals surface area contributed by atoms with Crippen molar-refractivity contribution < 1.29 is 4.74 Å². The summed E-state index contributed by atoms with van der Waals surface area (Å²) < 4.78 is 6.54. The van der Waals surface area contributed by atoms with Gasteiger partial charge in [-0.3, -0.25) is 0 Å². The SMILES string of the molecule is CCCNC1CCCCC1CC1CCC2(CCCC2)O1. The van der Waals surface area contributed by atoms with Gasteiger partial charge in [0.2, 0.25) is 0 Å². The number of hydrogen-bond acceptors (Lipinski definition) is 2. The van der Waals surface area contributed by atoms with E-state index >= 15 is 0 Å². The first-order valence-corrected chi connectivity index (χ1v) is 9.22. The molecule has 3 aliphatic rings. The molecule has 3 fully saturated rings. The lowest BCUT2D eigenvalue weighted by Gasteiger charge is -2.34. The lowest BCUT2D eigenvalue weighted by molar-refractivity contribution is -0.0475. The maximum Gasteiger partial charge on any atom is 0.0687 e. The molecule has 0 aromatic rings. The number of ether oxygens (including phenoxy) is 1. The molecule has 2 saturated carbocycles. The summed E-state index contributed by atoms with van der Waals surface area (Å²) in [4.78, 5) is 0. The average Bonchev–Trinajstić information content (AvgIpc) is 3.09. The largest absolute Gasteiger partial charge is 0.372 e.